The highest BCUT2D eigenvalue weighted by Crippen LogP contribution is 2.27. The maximum atomic E-state index is 5.55. The number of allylic oxidation sites excluding steroid dienone is 1. The topological polar surface area (TPSA) is 50.9 Å². The molecule has 16 heavy (non-hydrogen) atoms. The van der Waals surface area contributed by atoms with Gasteiger partial charge in [-0.25, -0.2) is 0 Å². The van der Waals surface area contributed by atoms with Gasteiger partial charge in [0, 0.05) is 23.8 Å². The van der Waals surface area contributed by atoms with E-state index in [1.165, 1.54) is 17.7 Å². The lowest BCUT2D eigenvalue weighted by Crippen LogP contribution is -2.18. The Morgan fingerprint density at radius 2 is 2.56 bits per heavy atom. The van der Waals surface area contributed by atoms with E-state index in [9.17, 15) is 0 Å². The van der Waals surface area contributed by atoms with Crippen molar-refractivity contribution in [3.63, 3.8) is 0 Å². The van der Waals surface area contributed by atoms with Crippen LogP contribution in [0.3, 0.4) is 0 Å². The van der Waals surface area contributed by atoms with Crippen LogP contribution in [0.5, 0.6) is 0 Å². The van der Waals surface area contributed by atoms with Gasteiger partial charge in [0.2, 0.25) is 0 Å². The molecule has 1 aliphatic rings. The monoisotopic (exact) mass is 329 g/mol. The van der Waals surface area contributed by atoms with Gasteiger partial charge in [-0.05, 0) is 43.2 Å². The number of nitrogens with two attached hydrogens (primary N) is 1. The Bertz CT molecular complexity index is 390. The van der Waals surface area contributed by atoms with Crippen molar-refractivity contribution in [1.29, 1.82) is 0 Å². The number of halogens is 1. The summed E-state index contributed by atoms with van der Waals surface area (Å²) in [5.41, 5.74) is 9.35. The largest absolute Gasteiger partial charge is 0.403 e. The summed E-state index contributed by atoms with van der Waals surface area (Å²) in [5, 5.41) is 0. The number of aryl methyl sites for hydroxylation is 1. The molecule has 1 heterocycles. The summed E-state index contributed by atoms with van der Waals surface area (Å²) >= 11 is 2.13. The lowest BCUT2D eigenvalue weighted by molar-refractivity contribution is 0.444. The van der Waals surface area contributed by atoms with Gasteiger partial charge in [-0.15, -0.1) is 0 Å². The van der Waals surface area contributed by atoms with Gasteiger partial charge in [0.1, 0.15) is 0 Å². The Hall–Kier alpha value is -0.780. The molecule has 86 valence electrons. The minimum Gasteiger partial charge on any atom is -0.403 e. The molecule has 1 aliphatic carbocycles. The molecule has 4 heteroatoms. The van der Waals surface area contributed by atoms with Gasteiger partial charge < -0.3 is 9.26 Å². The second kappa shape index (κ2) is 5.52. The Morgan fingerprint density at radius 1 is 1.69 bits per heavy atom. The summed E-state index contributed by atoms with van der Waals surface area (Å²) < 4.78 is 3.11. The van der Waals surface area contributed by atoms with Gasteiger partial charge in [0.15, 0.2) is 0 Å². The fraction of sp³-hybridized carbons (Fsp3) is 0.417. The third kappa shape index (κ3) is 2.66. The smallest absolute Gasteiger partial charge is 0.0558 e. The van der Waals surface area contributed by atoms with E-state index < -0.39 is 0 Å². The normalized spacial score (nSPS) is 20.3. The van der Waals surface area contributed by atoms with Crippen LogP contribution in [0.25, 0.3) is 0 Å². The first-order valence-corrected chi connectivity index (χ1v) is 6.61. The molecule has 0 saturated carbocycles. The van der Waals surface area contributed by atoms with Crippen LogP contribution in [0.15, 0.2) is 30.2 Å². The molecule has 3 N–H and O–H groups in total. The van der Waals surface area contributed by atoms with E-state index in [2.05, 4.69) is 37.4 Å². The van der Waals surface area contributed by atoms with Gasteiger partial charge in [0.25, 0.3) is 0 Å². The van der Waals surface area contributed by atoms with E-state index >= 15 is 0 Å². The first-order chi connectivity index (χ1) is 7.83. The highest BCUT2D eigenvalue weighted by Gasteiger charge is 2.19. The first-order valence-electron chi connectivity index (χ1n) is 5.53. The maximum Gasteiger partial charge on any atom is 0.0558 e. The lowest BCUT2D eigenvalue weighted by atomic mass is 9.84. The predicted octanol–water partition coefficient (Wildman–Crippen LogP) is 2.32. The number of pyridine rings is 1. The van der Waals surface area contributed by atoms with E-state index in [4.69, 9.17) is 5.73 Å². The summed E-state index contributed by atoms with van der Waals surface area (Å²) in [6, 6.07) is 4.21. The molecule has 0 fully saturated rings. The number of nitrogens with zero attached hydrogens (tertiary/aromatic N) is 1. The fourth-order valence-corrected chi connectivity index (χ4v) is 2.64. The fourth-order valence-electron chi connectivity index (χ4n) is 2.24. The quantitative estimate of drug-likeness (QED) is 0.661. The lowest BCUT2D eigenvalue weighted by Gasteiger charge is -2.24. The highest BCUT2D eigenvalue weighted by molar-refractivity contribution is 14.1. The molecule has 1 aromatic rings. The number of rotatable bonds is 3. The van der Waals surface area contributed by atoms with Crippen molar-refractivity contribution in [2.45, 2.75) is 25.7 Å². The number of hydrogen-bond acceptors (Lipinski definition) is 3. The molecule has 0 saturated heterocycles. The molecule has 0 amide bonds. The first kappa shape index (κ1) is 11.7. The zero-order valence-electron chi connectivity index (χ0n) is 9.12. The van der Waals surface area contributed by atoms with Crippen molar-refractivity contribution in [1.82, 2.24) is 8.51 Å². The minimum absolute atomic E-state index is 0.666. The molecule has 2 rings (SSSR count). The molecule has 1 aromatic heterocycles. The molecule has 0 bridgehead atoms. The highest BCUT2D eigenvalue weighted by atomic mass is 127. The molecule has 0 aliphatic heterocycles. The van der Waals surface area contributed by atoms with Gasteiger partial charge in [-0.2, -0.15) is 0 Å². The van der Waals surface area contributed by atoms with Gasteiger partial charge in [-0.3, -0.25) is 4.98 Å². The summed E-state index contributed by atoms with van der Waals surface area (Å²) in [6.45, 7) is 0. The summed E-state index contributed by atoms with van der Waals surface area (Å²) in [7, 11) is 0. The van der Waals surface area contributed by atoms with Crippen LogP contribution in [-0.2, 0) is 12.8 Å². The van der Waals surface area contributed by atoms with Crippen LogP contribution in [0, 0.1) is 5.92 Å². The number of aromatic nitrogens is 1. The minimum atomic E-state index is 0.666. The molecule has 1 atom stereocenters. The Balaban J connectivity index is 2.03. The van der Waals surface area contributed by atoms with E-state index in [0.717, 1.165) is 25.0 Å². The zero-order chi connectivity index (χ0) is 11.4. The maximum absolute atomic E-state index is 5.55. The van der Waals surface area contributed by atoms with Crippen molar-refractivity contribution in [2.24, 2.45) is 11.7 Å². The van der Waals surface area contributed by atoms with Crippen LogP contribution in [0.2, 0.25) is 0 Å². The van der Waals surface area contributed by atoms with Crippen molar-refractivity contribution < 1.29 is 0 Å². The number of fused-ring (bicyclic) bond motifs is 1. The van der Waals surface area contributed by atoms with E-state index in [-0.39, 0.29) is 0 Å². The molecule has 0 spiro atoms. The van der Waals surface area contributed by atoms with Crippen LogP contribution in [0.1, 0.15) is 24.1 Å². The zero-order valence-corrected chi connectivity index (χ0v) is 11.3. The molecular formula is C12H16IN3. The third-order valence-corrected chi connectivity index (χ3v) is 3.81. The molecular weight excluding hydrogens is 313 g/mol. The van der Waals surface area contributed by atoms with E-state index in [1.807, 2.05) is 12.3 Å². The third-order valence-electron chi connectivity index (χ3n) is 3.12. The van der Waals surface area contributed by atoms with Crippen LogP contribution < -0.4 is 9.26 Å². The Morgan fingerprint density at radius 3 is 3.31 bits per heavy atom. The number of hydrogen-bond donors (Lipinski definition) is 2. The standard InChI is InChI=1S/C12H16IN3/c13-16-11(8-14)6-9-3-4-10-2-1-5-15-12(10)7-9/h1-2,5,8-9,16H,3-4,6-7,14H2/b11-8-. The molecule has 3 nitrogen and oxygen atoms in total. The molecule has 0 radical (unpaired) electrons. The van der Waals surface area contributed by atoms with E-state index in [1.54, 1.807) is 6.20 Å². The SMILES string of the molecule is N/C=C(/CC1CCc2cccnc2C1)NI. The van der Waals surface area contributed by atoms with Crippen molar-refractivity contribution in [3.05, 3.63) is 41.5 Å². The summed E-state index contributed by atoms with van der Waals surface area (Å²) in [4.78, 5) is 4.46. The van der Waals surface area contributed by atoms with E-state index in [0.29, 0.717) is 5.92 Å². The second-order valence-electron chi connectivity index (χ2n) is 4.21. The van der Waals surface area contributed by atoms with Gasteiger partial charge in [-0.1, -0.05) is 6.07 Å². The molecule has 0 aromatic carbocycles. The van der Waals surface area contributed by atoms with Crippen LogP contribution >= 0.6 is 22.9 Å². The Labute approximate surface area is 110 Å². The number of nitrogens with one attached hydrogen (secondary N) is 1. The Kier molecular flexibility index (Phi) is 4.04. The second-order valence-corrected chi connectivity index (χ2v) is 4.75. The molecule has 1 unspecified atom stereocenters. The van der Waals surface area contributed by atoms with Gasteiger partial charge >= 0.3 is 0 Å². The predicted molar refractivity (Wildman–Crippen MR) is 73.8 cm³/mol. The van der Waals surface area contributed by atoms with Crippen molar-refractivity contribution >= 4 is 22.9 Å². The average Bonchev–Trinajstić information content (AvgIpc) is 2.35. The van der Waals surface area contributed by atoms with Crippen LogP contribution in [-0.4, -0.2) is 4.98 Å². The summed E-state index contributed by atoms with van der Waals surface area (Å²) in [5.74, 6) is 0.666. The summed E-state index contributed by atoms with van der Waals surface area (Å²) in [6.07, 6.45) is 8.03. The van der Waals surface area contributed by atoms with Crippen LogP contribution in [0.4, 0.5) is 0 Å². The average molecular weight is 329 g/mol. The van der Waals surface area contributed by atoms with Crippen molar-refractivity contribution in [3.8, 4) is 0 Å². The van der Waals surface area contributed by atoms with Crippen molar-refractivity contribution in [2.75, 3.05) is 0 Å². The van der Waals surface area contributed by atoms with Gasteiger partial charge in [0.05, 0.1) is 22.9 Å².